The first-order valence-electron chi connectivity index (χ1n) is 10.8. The smallest absolute Gasteiger partial charge is 0.338 e. The summed E-state index contributed by atoms with van der Waals surface area (Å²) in [7, 11) is -4.22. The van der Waals surface area contributed by atoms with E-state index in [1.807, 2.05) is 0 Å². The summed E-state index contributed by atoms with van der Waals surface area (Å²) in [4.78, 5) is 38.6. The van der Waals surface area contributed by atoms with Crippen molar-refractivity contribution < 1.29 is 36.4 Å². The van der Waals surface area contributed by atoms with Crippen LogP contribution in [0.25, 0.3) is 11.3 Å². The molecule has 0 saturated heterocycles. The van der Waals surface area contributed by atoms with Crippen molar-refractivity contribution in [3.8, 4) is 11.3 Å². The molecule has 0 unspecified atom stereocenters. The number of ether oxygens (including phenoxy) is 1. The highest BCUT2D eigenvalue weighted by atomic mass is 32.2. The van der Waals surface area contributed by atoms with Crippen LogP contribution in [0.15, 0.2) is 77.0 Å². The number of thiazole rings is 1. The molecular weight excluding hydrogens is 558 g/mol. The number of nitro benzene ring substituents is 1. The third-order valence-corrected chi connectivity index (χ3v) is 7.15. The van der Waals surface area contributed by atoms with Crippen LogP contribution >= 0.6 is 11.3 Å². The molecule has 0 aliphatic heterocycles. The van der Waals surface area contributed by atoms with Gasteiger partial charge >= 0.3 is 5.97 Å². The second-order valence-corrected chi connectivity index (χ2v) is 10.3. The molecule has 4 aromatic rings. The first-order valence-corrected chi connectivity index (χ1v) is 13.1. The zero-order chi connectivity index (χ0) is 28.2. The number of hydrogen-bond acceptors (Lipinski definition) is 9. The van der Waals surface area contributed by atoms with Gasteiger partial charge < -0.3 is 4.74 Å². The number of carbonyl (C=O) groups is 2. The summed E-state index contributed by atoms with van der Waals surface area (Å²) in [5.41, 5.74) is 0.851. The largest absolute Gasteiger partial charge is 0.452 e. The summed E-state index contributed by atoms with van der Waals surface area (Å²) in [6, 6.07) is 12.9. The monoisotopic (exact) mass is 574 g/mol. The number of nitrogens with zero attached hydrogens (tertiary/aromatic N) is 2. The predicted molar refractivity (Wildman–Crippen MR) is 137 cm³/mol. The minimum atomic E-state index is -4.22. The summed E-state index contributed by atoms with van der Waals surface area (Å²) >= 11 is 1.07. The minimum Gasteiger partial charge on any atom is -0.452 e. The van der Waals surface area contributed by atoms with Crippen LogP contribution in [0.5, 0.6) is 0 Å². The lowest BCUT2D eigenvalue weighted by atomic mass is 10.1. The molecule has 1 heterocycles. The van der Waals surface area contributed by atoms with E-state index in [-0.39, 0.29) is 22.1 Å². The number of rotatable bonds is 9. The Morgan fingerprint density at radius 3 is 2.46 bits per heavy atom. The Kier molecular flexibility index (Phi) is 7.92. The van der Waals surface area contributed by atoms with Crippen molar-refractivity contribution in [3.05, 3.63) is 99.4 Å². The van der Waals surface area contributed by atoms with Gasteiger partial charge in [0.1, 0.15) is 0 Å². The van der Waals surface area contributed by atoms with E-state index in [0.29, 0.717) is 23.4 Å². The molecule has 39 heavy (non-hydrogen) atoms. The molecule has 1 amide bonds. The molecule has 0 fully saturated rings. The second-order valence-electron chi connectivity index (χ2n) is 7.73. The van der Waals surface area contributed by atoms with E-state index in [0.717, 1.165) is 17.4 Å². The highest BCUT2D eigenvalue weighted by molar-refractivity contribution is 7.92. The fourth-order valence-electron chi connectivity index (χ4n) is 3.14. The van der Waals surface area contributed by atoms with E-state index in [2.05, 4.69) is 15.0 Å². The Morgan fingerprint density at radius 1 is 1.03 bits per heavy atom. The van der Waals surface area contributed by atoms with Gasteiger partial charge in [-0.15, -0.1) is 11.3 Å². The van der Waals surface area contributed by atoms with Gasteiger partial charge in [0.05, 0.1) is 21.1 Å². The molecule has 0 atom stereocenters. The number of benzene rings is 3. The number of non-ortho nitro benzene ring substituents is 1. The Hall–Kier alpha value is -4.76. The molecule has 0 saturated carbocycles. The quantitative estimate of drug-likeness (QED) is 0.167. The van der Waals surface area contributed by atoms with E-state index < -0.39 is 50.0 Å². The Balaban J connectivity index is 1.31. The summed E-state index contributed by atoms with van der Waals surface area (Å²) < 4.78 is 58.3. The predicted octanol–water partition coefficient (Wildman–Crippen LogP) is 4.59. The van der Waals surface area contributed by atoms with E-state index in [9.17, 15) is 36.9 Å². The van der Waals surface area contributed by atoms with Crippen molar-refractivity contribution in [2.24, 2.45) is 0 Å². The molecule has 0 aliphatic carbocycles. The topological polar surface area (TPSA) is 158 Å². The zero-order valence-corrected chi connectivity index (χ0v) is 21.1. The zero-order valence-electron chi connectivity index (χ0n) is 19.5. The fraction of sp³-hybridized carbons (Fsp3) is 0.0417. The van der Waals surface area contributed by atoms with Crippen LogP contribution in [0, 0.1) is 21.7 Å². The van der Waals surface area contributed by atoms with Gasteiger partial charge in [0.25, 0.3) is 21.6 Å². The maximum atomic E-state index is 13.4. The molecule has 3 aromatic carbocycles. The third kappa shape index (κ3) is 6.77. The van der Waals surface area contributed by atoms with Gasteiger partial charge in [0.15, 0.2) is 23.4 Å². The lowest BCUT2D eigenvalue weighted by molar-refractivity contribution is -0.384. The number of carbonyl (C=O) groups excluding carboxylic acids is 2. The van der Waals surface area contributed by atoms with Crippen LogP contribution in [0.2, 0.25) is 0 Å². The van der Waals surface area contributed by atoms with E-state index in [1.165, 1.54) is 42.5 Å². The average Bonchev–Trinajstić information content (AvgIpc) is 3.37. The molecule has 15 heteroatoms. The van der Waals surface area contributed by atoms with Crippen LogP contribution in [-0.4, -0.2) is 36.8 Å². The maximum Gasteiger partial charge on any atom is 0.338 e. The number of nitro groups is 1. The van der Waals surface area contributed by atoms with Gasteiger partial charge in [-0.25, -0.2) is 27.0 Å². The summed E-state index contributed by atoms with van der Waals surface area (Å²) in [6.07, 6.45) is 0. The van der Waals surface area contributed by atoms with Crippen LogP contribution in [0.3, 0.4) is 0 Å². The van der Waals surface area contributed by atoms with E-state index >= 15 is 0 Å². The van der Waals surface area contributed by atoms with Gasteiger partial charge in [0, 0.05) is 28.8 Å². The molecule has 11 nitrogen and oxygen atoms in total. The number of aromatic nitrogens is 1. The standard InChI is InChI=1S/C24H16F2N4O7S2/c25-19-9-8-18(11-20(19)26)39(35,36)29-16-6-4-14(5-7-16)23(32)37-12-22(31)28-24-27-21(13-38-24)15-2-1-3-17(10-15)30(33)34/h1-11,13,29H,12H2,(H,27,28,31). The fourth-order valence-corrected chi connectivity index (χ4v) is 4.95. The lowest BCUT2D eigenvalue weighted by Gasteiger charge is -2.09. The van der Waals surface area contributed by atoms with Gasteiger partial charge in [-0.3, -0.25) is 24.9 Å². The molecular formula is C24H16F2N4O7S2. The summed E-state index contributed by atoms with van der Waals surface area (Å²) in [5.74, 6) is -4.06. The van der Waals surface area contributed by atoms with Crippen molar-refractivity contribution in [2.45, 2.75) is 4.90 Å². The Morgan fingerprint density at radius 2 is 1.77 bits per heavy atom. The molecule has 200 valence electrons. The third-order valence-electron chi connectivity index (χ3n) is 5.01. The molecule has 0 bridgehead atoms. The average molecular weight is 575 g/mol. The van der Waals surface area contributed by atoms with Crippen molar-refractivity contribution in [3.63, 3.8) is 0 Å². The molecule has 4 rings (SSSR count). The van der Waals surface area contributed by atoms with Gasteiger partial charge in [-0.05, 0) is 42.5 Å². The Bertz CT molecular complexity index is 1680. The molecule has 0 radical (unpaired) electrons. The minimum absolute atomic E-state index is 0.0146. The number of halogens is 2. The highest BCUT2D eigenvalue weighted by Gasteiger charge is 2.18. The van der Waals surface area contributed by atoms with Crippen molar-refractivity contribution in [2.75, 3.05) is 16.6 Å². The number of anilines is 2. The summed E-state index contributed by atoms with van der Waals surface area (Å²) in [5, 5.41) is 15.2. The highest BCUT2D eigenvalue weighted by Crippen LogP contribution is 2.27. The van der Waals surface area contributed by atoms with Crippen LogP contribution in [0.4, 0.5) is 25.3 Å². The van der Waals surface area contributed by atoms with Gasteiger partial charge in [-0.2, -0.15) is 0 Å². The normalized spacial score (nSPS) is 11.0. The lowest BCUT2D eigenvalue weighted by Crippen LogP contribution is -2.20. The van der Waals surface area contributed by atoms with Crippen LogP contribution in [0.1, 0.15) is 10.4 Å². The molecule has 2 N–H and O–H groups in total. The Labute approximate surface area is 223 Å². The number of sulfonamides is 1. The van der Waals surface area contributed by atoms with Crippen LogP contribution < -0.4 is 10.0 Å². The molecule has 0 spiro atoms. The van der Waals surface area contributed by atoms with Gasteiger partial charge in [0.2, 0.25) is 0 Å². The maximum absolute atomic E-state index is 13.4. The van der Waals surface area contributed by atoms with E-state index in [1.54, 1.807) is 11.4 Å². The van der Waals surface area contributed by atoms with Crippen molar-refractivity contribution in [1.82, 2.24) is 4.98 Å². The second kappa shape index (κ2) is 11.3. The number of esters is 1. The summed E-state index contributed by atoms with van der Waals surface area (Å²) in [6.45, 7) is -0.644. The van der Waals surface area contributed by atoms with Crippen molar-refractivity contribution in [1.29, 1.82) is 0 Å². The molecule has 1 aromatic heterocycles. The van der Waals surface area contributed by atoms with E-state index in [4.69, 9.17) is 4.74 Å². The van der Waals surface area contributed by atoms with Crippen molar-refractivity contribution >= 4 is 49.7 Å². The van der Waals surface area contributed by atoms with Crippen LogP contribution in [-0.2, 0) is 19.6 Å². The SMILES string of the molecule is O=C(COC(=O)c1ccc(NS(=O)(=O)c2ccc(F)c(F)c2)cc1)Nc1nc(-c2cccc([N+](=O)[O-])c2)cs1. The molecule has 0 aliphatic rings. The number of hydrogen-bond donors (Lipinski definition) is 2. The number of nitrogens with one attached hydrogen (secondary N) is 2. The van der Waals surface area contributed by atoms with Gasteiger partial charge in [-0.1, -0.05) is 12.1 Å². The first kappa shape index (κ1) is 27.3. The first-order chi connectivity index (χ1) is 18.5. The number of amides is 1.